The van der Waals surface area contributed by atoms with E-state index in [-0.39, 0.29) is 11.7 Å². The molecule has 0 aliphatic carbocycles. The van der Waals surface area contributed by atoms with Crippen LogP contribution in [-0.2, 0) is 21.5 Å². The first-order valence-electron chi connectivity index (χ1n) is 10.6. The number of nitrogens with zero attached hydrogens (tertiary/aromatic N) is 1. The van der Waals surface area contributed by atoms with E-state index in [0.29, 0.717) is 31.2 Å². The van der Waals surface area contributed by atoms with Crippen LogP contribution in [0.25, 0.3) is 0 Å². The number of rotatable bonds is 14. The summed E-state index contributed by atoms with van der Waals surface area (Å²) in [6.07, 6.45) is 7.52. The third-order valence-corrected chi connectivity index (χ3v) is 5.68. The summed E-state index contributed by atoms with van der Waals surface area (Å²) in [6.45, 7) is 9.09. The van der Waals surface area contributed by atoms with E-state index in [4.69, 9.17) is 4.18 Å². The number of hydrogen-bond donors (Lipinski definition) is 0. The normalized spacial score (nSPS) is 11.6. The molecule has 6 heteroatoms. The fourth-order valence-electron chi connectivity index (χ4n) is 3.03. The van der Waals surface area contributed by atoms with E-state index in [2.05, 4.69) is 20.8 Å². The number of carbonyl (C=O) groups is 1. The molecule has 0 aromatic heterocycles. The number of benzene rings is 1. The van der Waals surface area contributed by atoms with E-state index < -0.39 is 10.1 Å². The number of unbranched alkanes of at least 4 members (excludes halogenated alkanes) is 5. The molecular weight excluding hydrogens is 374 g/mol. The lowest BCUT2D eigenvalue weighted by atomic mass is 10.1. The van der Waals surface area contributed by atoms with Crippen molar-refractivity contribution >= 4 is 16.0 Å². The Bertz CT molecular complexity index is 686. The molecule has 0 saturated heterocycles. The average Bonchev–Trinajstić information content (AvgIpc) is 2.63. The van der Waals surface area contributed by atoms with Gasteiger partial charge in [-0.2, -0.15) is 8.42 Å². The molecule has 160 valence electrons. The second-order valence-corrected chi connectivity index (χ2v) is 9.62. The highest BCUT2D eigenvalue weighted by Gasteiger charge is 2.16. The van der Waals surface area contributed by atoms with E-state index in [1.54, 1.807) is 25.1 Å². The van der Waals surface area contributed by atoms with Crippen molar-refractivity contribution in [2.24, 2.45) is 5.92 Å². The van der Waals surface area contributed by atoms with Crippen LogP contribution in [0.15, 0.2) is 24.3 Å². The van der Waals surface area contributed by atoms with Crippen LogP contribution in [0, 0.1) is 5.92 Å². The summed E-state index contributed by atoms with van der Waals surface area (Å²) >= 11 is 0. The Hall–Kier alpha value is -1.56. The fraction of sp³-hybridized carbons (Fsp3) is 0.682. The lowest BCUT2D eigenvalue weighted by Gasteiger charge is -2.25. The minimum atomic E-state index is -3.56. The maximum absolute atomic E-state index is 12.7. The van der Waals surface area contributed by atoms with E-state index in [9.17, 15) is 13.2 Å². The molecule has 0 fully saturated rings. The first kappa shape index (κ1) is 24.5. The monoisotopic (exact) mass is 411 g/mol. The lowest BCUT2D eigenvalue weighted by Crippen LogP contribution is -2.33. The van der Waals surface area contributed by atoms with Crippen molar-refractivity contribution < 1.29 is 17.4 Å². The summed E-state index contributed by atoms with van der Waals surface area (Å²) < 4.78 is 28.5. The van der Waals surface area contributed by atoms with Crippen LogP contribution in [0.3, 0.4) is 0 Å². The zero-order valence-corrected chi connectivity index (χ0v) is 18.8. The van der Waals surface area contributed by atoms with E-state index >= 15 is 0 Å². The topological polar surface area (TPSA) is 63.7 Å². The van der Waals surface area contributed by atoms with Gasteiger partial charge in [-0.3, -0.25) is 4.79 Å². The summed E-state index contributed by atoms with van der Waals surface area (Å²) in [5, 5.41) is 0. The number of amides is 1. The van der Waals surface area contributed by atoms with Crippen LogP contribution in [0.5, 0.6) is 5.75 Å². The largest absolute Gasteiger partial charge is 0.382 e. The minimum absolute atomic E-state index is 0.0759. The molecule has 1 aromatic carbocycles. The Balaban J connectivity index is 2.68. The molecule has 0 saturated carbocycles. The highest BCUT2D eigenvalue weighted by atomic mass is 32.2. The molecule has 0 spiro atoms. The lowest BCUT2D eigenvalue weighted by molar-refractivity contribution is -0.132. The predicted molar refractivity (Wildman–Crippen MR) is 115 cm³/mol. The van der Waals surface area contributed by atoms with Crippen LogP contribution >= 0.6 is 0 Å². The van der Waals surface area contributed by atoms with Crippen molar-refractivity contribution in [3.63, 3.8) is 0 Å². The molecule has 1 amide bonds. The third kappa shape index (κ3) is 10.1. The molecule has 0 heterocycles. The molecule has 1 aromatic rings. The van der Waals surface area contributed by atoms with Gasteiger partial charge in [0.05, 0.1) is 5.75 Å². The standard InChI is InChI=1S/C22H37NO4S/c1-5-7-8-9-10-11-15-22(24)23(17-19(3)4)18-20-13-12-14-21(16-20)27-28(25,26)6-2/h12-14,16,19H,5-11,15,17-18H2,1-4H3. The first-order chi connectivity index (χ1) is 13.3. The predicted octanol–water partition coefficient (Wildman–Crippen LogP) is 5.15. The summed E-state index contributed by atoms with van der Waals surface area (Å²) in [5.41, 5.74) is 0.876. The van der Waals surface area contributed by atoms with E-state index in [1.807, 2.05) is 11.0 Å². The number of carbonyl (C=O) groups excluding carboxylic acids is 1. The van der Waals surface area contributed by atoms with Gasteiger partial charge < -0.3 is 9.08 Å². The summed E-state index contributed by atoms with van der Waals surface area (Å²) in [7, 11) is -3.56. The Kier molecular flexibility index (Phi) is 11.2. The van der Waals surface area contributed by atoms with Gasteiger partial charge in [0, 0.05) is 19.5 Å². The van der Waals surface area contributed by atoms with Crippen molar-refractivity contribution in [3.8, 4) is 5.75 Å². The van der Waals surface area contributed by atoms with E-state index in [0.717, 1.165) is 18.4 Å². The van der Waals surface area contributed by atoms with Gasteiger partial charge in [0.2, 0.25) is 5.91 Å². The van der Waals surface area contributed by atoms with Gasteiger partial charge in [-0.1, -0.05) is 65.0 Å². The Labute approximate surface area is 171 Å². The maximum atomic E-state index is 12.7. The van der Waals surface area contributed by atoms with Crippen LogP contribution < -0.4 is 4.18 Å². The first-order valence-corrected chi connectivity index (χ1v) is 12.1. The molecule has 0 atom stereocenters. The van der Waals surface area contributed by atoms with Crippen molar-refractivity contribution in [1.82, 2.24) is 4.90 Å². The van der Waals surface area contributed by atoms with Crippen molar-refractivity contribution in [3.05, 3.63) is 29.8 Å². The Morgan fingerprint density at radius 2 is 1.75 bits per heavy atom. The molecule has 0 aliphatic heterocycles. The van der Waals surface area contributed by atoms with Gasteiger partial charge in [0.1, 0.15) is 5.75 Å². The van der Waals surface area contributed by atoms with Gasteiger partial charge in [-0.15, -0.1) is 0 Å². The smallest absolute Gasteiger partial charge is 0.308 e. The van der Waals surface area contributed by atoms with E-state index in [1.165, 1.54) is 25.7 Å². The van der Waals surface area contributed by atoms with Crippen molar-refractivity contribution in [2.45, 2.75) is 79.2 Å². The average molecular weight is 412 g/mol. The SMILES string of the molecule is CCCCCCCCC(=O)N(Cc1cccc(OS(=O)(=O)CC)c1)CC(C)C. The zero-order chi connectivity index (χ0) is 21.0. The van der Waals surface area contributed by atoms with Gasteiger partial charge in [-0.05, 0) is 37.0 Å². The van der Waals surface area contributed by atoms with Gasteiger partial charge in [-0.25, -0.2) is 0 Å². The highest BCUT2D eigenvalue weighted by Crippen LogP contribution is 2.19. The molecule has 0 aliphatic rings. The second-order valence-electron chi connectivity index (χ2n) is 7.76. The highest BCUT2D eigenvalue weighted by molar-refractivity contribution is 7.87. The molecule has 0 N–H and O–H groups in total. The molecular formula is C22H37NO4S. The van der Waals surface area contributed by atoms with Gasteiger partial charge in [0.25, 0.3) is 0 Å². The summed E-state index contributed by atoms with van der Waals surface area (Å²) in [6, 6.07) is 7.00. The van der Waals surface area contributed by atoms with Crippen LogP contribution in [-0.4, -0.2) is 31.5 Å². The maximum Gasteiger partial charge on any atom is 0.308 e. The Morgan fingerprint density at radius 1 is 1.07 bits per heavy atom. The molecule has 0 radical (unpaired) electrons. The fourth-order valence-corrected chi connectivity index (χ4v) is 3.55. The second kappa shape index (κ2) is 12.8. The number of hydrogen-bond acceptors (Lipinski definition) is 4. The minimum Gasteiger partial charge on any atom is -0.382 e. The van der Waals surface area contributed by atoms with Crippen LogP contribution in [0.4, 0.5) is 0 Å². The Morgan fingerprint density at radius 3 is 2.39 bits per heavy atom. The molecule has 28 heavy (non-hydrogen) atoms. The van der Waals surface area contributed by atoms with Crippen LogP contribution in [0.2, 0.25) is 0 Å². The van der Waals surface area contributed by atoms with Gasteiger partial charge >= 0.3 is 10.1 Å². The zero-order valence-electron chi connectivity index (χ0n) is 17.9. The quantitative estimate of drug-likeness (QED) is 0.314. The van der Waals surface area contributed by atoms with Crippen molar-refractivity contribution in [2.75, 3.05) is 12.3 Å². The van der Waals surface area contributed by atoms with Gasteiger partial charge in [0.15, 0.2) is 0 Å². The summed E-state index contributed by atoms with van der Waals surface area (Å²) in [4.78, 5) is 14.6. The third-order valence-electron chi connectivity index (χ3n) is 4.53. The molecule has 0 unspecified atom stereocenters. The molecule has 5 nitrogen and oxygen atoms in total. The van der Waals surface area contributed by atoms with Crippen LogP contribution in [0.1, 0.15) is 78.2 Å². The molecule has 0 bridgehead atoms. The molecule has 1 rings (SSSR count). The summed E-state index contributed by atoms with van der Waals surface area (Å²) in [5.74, 6) is 0.755. The van der Waals surface area contributed by atoms with Crippen molar-refractivity contribution in [1.29, 1.82) is 0 Å².